The lowest BCUT2D eigenvalue weighted by molar-refractivity contribution is 0.627. The molecule has 0 saturated heterocycles. The second-order valence-electron chi connectivity index (χ2n) is 2.17. The lowest BCUT2D eigenvalue weighted by Gasteiger charge is -2.01. The minimum Gasteiger partial charge on any atom is -0.205 e. The molecule has 1 rings (SSSR count). The molecule has 0 bridgehead atoms. The normalized spacial score (nSPS) is 12.2. The second-order valence-corrected chi connectivity index (χ2v) is 3.49. The van der Waals surface area contributed by atoms with Gasteiger partial charge in [0.05, 0.1) is 11.1 Å². The minimum absolute atomic E-state index is 0.0344. The molecule has 1 nitrogen and oxygen atoms in total. The number of nitrogens with zero attached hydrogens (tertiary/aromatic N) is 1. The highest BCUT2D eigenvalue weighted by Gasteiger charge is 2.07. The Balaban J connectivity index is 3.06. The Morgan fingerprint density at radius 3 is 2.75 bits per heavy atom. The van der Waals surface area contributed by atoms with Gasteiger partial charge < -0.3 is 0 Å². The van der Waals surface area contributed by atoms with Crippen molar-refractivity contribution in [3.8, 4) is 6.07 Å². The van der Waals surface area contributed by atoms with E-state index in [-0.39, 0.29) is 5.02 Å². The van der Waals surface area contributed by atoms with E-state index >= 15 is 0 Å². The Bertz CT molecular complexity index is 334. The summed E-state index contributed by atoms with van der Waals surface area (Å²) < 4.78 is 12.6. The maximum atomic E-state index is 12.6. The average Bonchev–Trinajstić information content (AvgIpc) is 2.08. The molecule has 0 saturated carbocycles. The van der Waals surface area contributed by atoms with Gasteiger partial charge in [-0.1, -0.05) is 33.6 Å². The van der Waals surface area contributed by atoms with E-state index in [4.69, 9.17) is 16.9 Å². The molecule has 0 spiro atoms. The van der Waals surface area contributed by atoms with Crippen LogP contribution in [0.1, 0.15) is 10.4 Å². The Kier molecular flexibility index (Phi) is 3.07. The number of nitriles is 1. The average molecular weight is 248 g/mol. The highest BCUT2D eigenvalue weighted by atomic mass is 79.9. The fourth-order valence-electron chi connectivity index (χ4n) is 0.745. The zero-order valence-electron chi connectivity index (χ0n) is 5.89. The summed E-state index contributed by atoms with van der Waals surface area (Å²) >= 11 is 8.61. The predicted octanol–water partition coefficient (Wildman–Crippen LogP) is 3.44. The molecule has 1 aromatic rings. The molecule has 0 aromatic heterocycles. The van der Waals surface area contributed by atoms with Crippen molar-refractivity contribution in [2.24, 2.45) is 0 Å². The quantitative estimate of drug-likeness (QED) is 0.699. The van der Waals surface area contributed by atoms with Crippen LogP contribution in [0.25, 0.3) is 0 Å². The van der Waals surface area contributed by atoms with E-state index in [1.54, 1.807) is 0 Å². The summed E-state index contributed by atoms with van der Waals surface area (Å²) in [7, 11) is 0. The van der Waals surface area contributed by atoms with Crippen LogP contribution >= 0.6 is 27.5 Å². The maximum Gasteiger partial charge on any atom is 0.141 e. The molecule has 0 aliphatic heterocycles. The van der Waals surface area contributed by atoms with Gasteiger partial charge in [-0.3, -0.25) is 0 Å². The zero-order valence-corrected chi connectivity index (χ0v) is 8.23. The first kappa shape index (κ1) is 9.50. The van der Waals surface area contributed by atoms with Crippen molar-refractivity contribution in [2.45, 2.75) is 4.83 Å². The van der Waals surface area contributed by atoms with Crippen LogP contribution < -0.4 is 0 Å². The number of alkyl halides is 1. The number of benzene rings is 1. The third kappa shape index (κ3) is 1.96. The molecule has 1 aromatic carbocycles. The van der Waals surface area contributed by atoms with Crippen LogP contribution in [0.2, 0.25) is 5.02 Å². The van der Waals surface area contributed by atoms with Crippen molar-refractivity contribution in [2.75, 3.05) is 0 Å². The van der Waals surface area contributed by atoms with Crippen LogP contribution in [0.4, 0.5) is 4.39 Å². The highest BCUT2D eigenvalue weighted by molar-refractivity contribution is 9.09. The molecule has 0 N–H and O–H groups in total. The van der Waals surface area contributed by atoms with E-state index in [1.807, 2.05) is 6.07 Å². The molecule has 0 aliphatic rings. The molecule has 0 heterocycles. The number of rotatable bonds is 1. The van der Waals surface area contributed by atoms with Gasteiger partial charge in [0.15, 0.2) is 0 Å². The molecule has 1 atom stereocenters. The van der Waals surface area contributed by atoms with Crippen LogP contribution in [-0.4, -0.2) is 0 Å². The Morgan fingerprint density at radius 2 is 2.25 bits per heavy atom. The van der Waals surface area contributed by atoms with Gasteiger partial charge in [0.2, 0.25) is 0 Å². The van der Waals surface area contributed by atoms with Crippen molar-refractivity contribution in [1.29, 1.82) is 5.26 Å². The lowest BCUT2D eigenvalue weighted by Crippen LogP contribution is -1.86. The molecule has 12 heavy (non-hydrogen) atoms. The van der Waals surface area contributed by atoms with E-state index in [9.17, 15) is 4.39 Å². The zero-order chi connectivity index (χ0) is 9.14. The molecule has 4 heteroatoms. The van der Waals surface area contributed by atoms with Crippen molar-refractivity contribution in [3.05, 3.63) is 34.6 Å². The summed E-state index contributed by atoms with van der Waals surface area (Å²) in [5.41, 5.74) is 0.656. The van der Waals surface area contributed by atoms with Crippen LogP contribution in [-0.2, 0) is 0 Å². The molecule has 62 valence electrons. The molecule has 0 amide bonds. The molecule has 1 unspecified atom stereocenters. The fourth-order valence-corrected chi connectivity index (χ4v) is 1.22. The predicted molar refractivity (Wildman–Crippen MR) is 48.7 cm³/mol. The molecule has 0 aliphatic carbocycles. The summed E-state index contributed by atoms with van der Waals surface area (Å²) in [4.78, 5) is -0.435. The van der Waals surface area contributed by atoms with Crippen LogP contribution in [0, 0.1) is 17.1 Å². The number of hydrogen-bond donors (Lipinski definition) is 0. The Hall–Kier alpha value is -0.590. The van der Waals surface area contributed by atoms with Crippen molar-refractivity contribution < 1.29 is 4.39 Å². The summed E-state index contributed by atoms with van der Waals surface area (Å²) in [6.45, 7) is 0. The number of halogens is 3. The van der Waals surface area contributed by atoms with E-state index in [2.05, 4.69) is 15.9 Å². The largest absolute Gasteiger partial charge is 0.205 e. The van der Waals surface area contributed by atoms with Crippen molar-refractivity contribution >= 4 is 27.5 Å². The maximum absolute atomic E-state index is 12.6. The van der Waals surface area contributed by atoms with Gasteiger partial charge in [-0.25, -0.2) is 4.39 Å². The summed E-state index contributed by atoms with van der Waals surface area (Å²) in [6.07, 6.45) is 0. The molecule has 0 fully saturated rings. The minimum atomic E-state index is -0.474. The topological polar surface area (TPSA) is 23.8 Å². The van der Waals surface area contributed by atoms with Gasteiger partial charge in [-0.2, -0.15) is 5.26 Å². The van der Waals surface area contributed by atoms with Gasteiger partial charge in [-0.15, -0.1) is 0 Å². The molecular weight excluding hydrogens is 244 g/mol. The molecular formula is C8H4BrClFN. The fraction of sp³-hybridized carbons (Fsp3) is 0.125. The summed E-state index contributed by atoms with van der Waals surface area (Å²) in [5.74, 6) is -0.474. The lowest BCUT2D eigenvalue weighted by atomic mass is 10.2. The summed E-state index contributed by atoms with van der Waals surface area (Å²) in [6, 6.07) is 6.15. The van der Waals surface area contributed by atoms with Crippen molar-refractivity contribution in [3.63, 3.8) is 0 Å². The van der Waals surface area contributed by atoms with Gasteiger partial charge in [-0.05, 0) is 17.7 Å². The third-order valence-electron chi connectivity index (χ3n) is 1.35. The van der Waals surface area contributed by atoms with Gasteiger partial charge >= 0.3 is 0 Å². The number of hydrogen-bond acceptors (Lipinski definition) is 1. The van der Waals surface area contributed by atoms with E-state index < -0.39 is 10.6 Å². The standard InChI is InChI=1S/C8H4BrClFN/c9-6(4-12)5-1-2-8(11)7(10)3-5/h1-3,6H. The van der Waals surface area contributed by atoms with E-state index in [1.165, 1.54) is 18.2 Å². The van der Waals surface area contributed by atoms with Gasteiger partial charge in [0, 0.05) is 0 Å². The molecule has 0 radical (unpaired) electrons. The SMILES string of the molecule is N#CC(Br)c1ccc(F)c(Cl)c1. The smallest absolute Gasteiger partial charge is 0.141 e. The van der Waals surface area contributed by atoms with E-state index in [0.717, 1.165) is 0 Å². The first-order chi connectivity index (χ1) is 5.65. The highest BCUT2D eigenvalue weighted by Crippen LogP contribution is 2.25. The van der Waals surface area contributed by atoms with Crippen LogP contribution in [0.5, 0.6) is 0 Å². The first-order valence-corrected chi connectivity index (χ1v) is 4.43. The van der Waals surface area contributed by atoms with E-state index in [0.29, 0.717) is 5.56 Å². The Morgan fingerprint density at radius 1 is 1.58 bits per heavy atom. The monoisotopic (exact) mass is 247 g/mol. The first-order valence-electron chi connectivity index (χ1n) is 3.14. The van der Waals surface area contributed by atoms with Gasteiger partial charge in [0.1, 0.15) is 10.6 Å². The van der Waals surface area contributed by atoms with Gasteiger partial charge in [0.25, 0.3) is 0 Å². The van der Waals surface area contributed by atoms with Crippen LogP contribution in [0.15, 0.2) is 18.2 Å². The second kappa shape index (κ2) is 3.88. The summed E-state index contributed by atoms with van der Waals surface area (Å²) in [5, 5.41) is 8.55. The van der Waals surface area contributed by atoms with Crippen molar-refractivity contribution in [1.82, 2.24) is 0 Å². The Labute approximate surface area is 82.9 Å². The van der Waals surface area contributed by atoms with Crippen LogP contribution in [0.3, 0.4) is 0 Å². The third-order valence-corrected chi connectivity index (χ3v) is 2.37.